The minimum Gasteiger partial charge on any atom is -0.408 e. The summed E-state index contributed by atoms with van der Waals surface area (Å²) in [5, 5.41) is 0.747. The molecule has 0 saturated heterocycles. The third-order valence-electron chi connectivity index (χ3n) is 4.02. The molecule has 0 unspecified atom stereocenters. The minimum absolute atomic E-state index is 0.274. The number of amides is 2. The van der Waals surface area contributed by atoms with Crippen LogP contribution in [0.15, 0.2) is 63.9 Å². The fourth-order valence-corrected chi connectivity index (χ4v) is 2.80. The molecule has 0 radical (unpaired) electrons. The molecule has 0 aliphatic heterocycles. The lowest BCUT2D eigenvalue weighted by molar-refractivity contribution is -0.122. The SMILES string of the molecule is O=C(Cn1c(=O)oc2ccccc21)NNC(=O)c1c[nH]c2ccccc12. The number of hydrogen-bond donors (Lipinski definition) is 3. The maximum absolute atomic E-state index is 12.3. The molecule has 2 aromatic carbocycles. The van der Waals surface area contributed by atoms with Crippen LogP contribution in [0.2, 0.25) is 0 Å². The first kappa shape index (κ1) is 15.7. The number of aromatic amines is 1. The van der Waals surface area contributed by atoms with Crippen molar-refractivity contribution < 1.29 is 14.0 Å². The molecule has 0 fully saturated rings. The van der Waals surface area contributed by atoms with Crippen LogP contribution in [-0.4, -0.2) is 21.4 Å². The van der Waals surface area contributed by atoms with E-state index in [1.54, 1.807) is 36.5 Å². The van der Waals surface area contributed by atoms with Crippen LogP contribution in [0.1, 0.15) is 10.4 Å². The molecule has 8 nitrogen and oxygen atoms in total. The molecular weight excluding hydrogens is 336 g/mol. The zero-order valence-corrected chi connectivity index (χ0v) is 13.5. The van der Waals surface area contributed by atoms with E-state index in [9.17, 15) is 14.4 Å². The van der Waals surface area contributed by atoms with Gasteiger partial charge in [-0.1, -0.05) is 30.3 Å². The second kappa shape index (κ2) is 6.25. The Kier molecular flexibility index (Phi) is 3.77. The summed E-state index contributed by atoms with van der Waals surface area (Å²) in [6, 6.07) is 14.1. The number of carbonyl (C=O) groups is 2. The number of hydrogen-bond acceptors (Lipinski definition) is 4. The fraction of sp³-hybridized carbons (Fsp3) is 0.0556. The van der Waals surface area contributed by atoms with Crippen molar-refractivity contribution in [3.05, 3.63) is 70.8 Å². The van der Waals surface area contributed by atoms with Gasteiger partial charge in [-0.3, -0.25) is 25.0 Å². The van der Waals surface area contributed by atoms with Crippen molar-refractivity contribution in [2.75, 3.05) is 0 Å². The second-order valence-electron chi connectivity index (χ2n) is 5.67. The van der Waals surface area contributed by atoms with Gasteiger partial charge in [-0.2, -0.15) is 0 Å². The molecule has 0 aliphatic carbocycles. The summed E-state index contributed by atoms with van der Waals surface area (Å²) >= 11 is 0. The van der Waals surface area contributed by atoms with Crippen LogP contribution >= 0.6 is 0 Å². The van der Waals surface area contributed by atoms with Gasteiger partial charge >= 0.3 is 5.76 Å². The normalized spacial score (nSPS) is 10.9. The highest BCUT2D eigenvalue weighted by molar-refractivity contribution is 6.07. The van der Waals surface area contributed by atoms with Crippen LogP contribution in [-0.2, 0) is 11.3 Å². The number of para-hydroxylation sites is 3. The average molecular weight is 350 g/mol. The Balaban J connectivity index is 1.46. The highest BCUT2D eigenvalue weighted by Crippen LogP contribution is 2.17. The summed E-state index contributed by atoms with van der Waals surface area (Å²) in [4.78, 5) is 39.2. The quantitative estimate of drug-likeness (QED) is 0.487. The summed E-state index contributed by atoms with van der Waals surface area (Å²) in [6.07, 6.45) is 1.57. The molecule has 26 heavy (non-hydrogen) atoms. The average Bonchev–Trinajstić information content (AvgIpc) is 3.21. The lowest BCUT2D eigenvalue weighted by Gasteiger charge is -2.07. The molecule has 0 atom stereocenters. The maximum atomic E-state index is 12.3. The number of nitrogens with zero attached hydrogens (tertiary/aromatic N) is 1. The van der Waals surface area contributed by atoms with Crippen molar-refractivity contribution in [1.29, 1.82) is 0 Å². The predicted molar refractivity (Wildman–Crippen MR) is 94.4 cm³/mol. The standard InChI is InChI=1S/C18H14N4O4/c23-16(10-22-14-7-3-4-8-15(14)26-18(22)25)20-21-17(24)12-9-19-13-6-2-1-5-11(12)13/h1-9,19H,10H2,(H,20,23)(H,21,24). The van der Waals surface area contributed by atoms with E-state index in [-0.39, 0.29) is 6.54 Å². The molecule has 130 valence electrons. The molecule has 4 aromatic rings. The van der Waals surface area contributed by atoms with Gasteiger partial charge in [-0.25, -0.2) is 4.79 Å². The number of rotatable bonds is 3. The Morgan fingerprint density at radius 2 is 1.81 bits per heavy atom. The van der Waals surface area contributed by atoms with Gasteiger partial charge in [0.05, 0.1) is 11.1 Å². The van der Waals surface area contributed by atoms with Crippen molar-refractivity contribution in [3.63, 3.8) is 0 Å². The number of aromatic nitrogens is 2. The van der Waals surface area contributed by atoms with Crippen LogP contribution < -0.4 is 16.6 Å². The Hall–Kier alpha value is -3.81. The van der Waals surface area contributed by atoms with E-state index >= 15 is 0 Å². The summed E-state index contributed by atoms with van der Waals surface area (Å²) < 4.78 is 6.27. The van der Waals surface area contributed by atoms with Crippen LogP contribution in [0.3, 0.4) is 0 Å². The number of nitrogens with one attached hydrogen (secondary N) is 3. The molecule has 2 aromatic heterocycles. The van der Waals surface area contributed by atoms with E-state index < -0.39 is 17.6 Å². The van der Waals surface area contributed by atoms with Crippen molar-refractivity contribution >= 4 is 33.8 Å². The molecule has 0 saturated carbocycles. The highest BCUT2D eigenvalue weighted by atomic mass is 16.4. The molecule has 0 aliphatic rings. The monoisotopic (exact) mass is 350 g/mol. The molecule has 2 amide bonds. The Labute approximate surface area is 146 Å². The second-order valence-corrected chi connectivity index (χ2v) is 5.67. The van der Waals surface area contributed by atoms with Crippen molar-refractivity contribution in [2.45, 2.75) is 6.54 Å². The molecular formula is C18H14N4O4. The topological polar surface area (TPSA) is 109 Å². The first-order chi connectivity index (χ1) is 12.6. The number of fused-ring (bicyclic) bond motifs is 2. The number of hydrazine groups is 1. The van der Waals surface area contributed by atoms with Gasteiger partial charge in [0.1, 0.15) is 6.54 Å². The van der Waals surface area contributed by atoms with E-state index in [4.69, 9.17) is 4.42 Å². The van der Waals surface area contributed by atoms with Crippen molar-refractivity contribution in [1.82, 2.24) is 20.4 Å². The van der Waals surface area contributed by atoms with Crippen LogP contribution in [0.4, 0.5) is 0 Å². The zero-order chi connectivity index (χ0) is 18.1. The molecule has 8 heteroatoms. The van der Waals surface area contributed by atoms with Gasteiger partial charge in [0.15, 0.2) is 5.58 Å². The third-order valence-corrected chi connectivity index (χ3v) is 4.02. The number of benzene rings is 2. The lowest BCUT2D eigenvalue weighted by atomic mass is 10.2. The molecule has 4 rings (SSSR count). The lowest BCUT2D eigenvalue weighted by Crippen LogP contribution is -2.43. The van der Waals surface area contributed by atoms with Gasteiger partial charge in [0.2, 0.25) is 0 Å². The zero-order valence-electron chi connectivity index (χ0n) is 13.5. The maximum Gasteiger partial charge on any atom is 0.420 e. The summed E-state index contributed by atoms with van der Waals surface area (Å²) in [5.74, 6) is -1.64. The van der Waals surface area contributed by atoms with E-state index in [0.29, 0.717) is 16.7 Å². The van der Waals surface area contributed by atoms with Gasteiger partial charge in [-0.15, -0.1) is 0 Å². The van der Waals surface area contributed by atoms with Gasteiger partial charge in [-0.05, 0) is 18.2 Å². The molecule has 2 heterocycles. The Bertz CT molecular complexity index is 1180. The van der Waals surface area contributed by atoms with E-state index in [0.717, 1.165) is 10.9 Å². The van der Waals surface area contributed by atoms with Gasteiger partial charge in [0, 0.05) is 17.1 Å². The summed E-state index contributed by atoms with van der Waals surface area (Å²) in [5.41, 5.74) is 6.80. The first-order valence-corrected chi connectivity index (χ1v) is 7.87. The fourth-order valence-electron chi connectivity index (χ4n) is 2.80. The van der Waals surface area contributed by atoms with Gasteiger partial charge in [0.25, 0.3) is 11.8 Å². The van der Waals surface area contributed by atoms with E-state index in [1.165, 1.54) is 4.57 Å². The number of H-pyrrole nitrogens is 1. The highest BCUT2D eigenvalue weighted by Gasteiger charge is 2.15. The summed E-state index contributed by atoms with van der Waals surface area (Å²) in [6.45, 7) is -0.274. The van der Waals surface area contributed by atoms with Gasteiger partial charge < -0.3 is 9.40 Å². The number of oxazole rings is 1. The van der Waals surface area contributed by atoms with E-state index in [2.05, 4.69) is 15.8 Å². The molecule has 0 bridgehead atoms. The smallest absolute Gasteiger partial charge is 0.408 e. The largest absolute Gasteiger partial charge is 0.420 e. The van der Waals surface area contributed by atoms with Crippen LogP contribution in [0.25, 0.3) is 22.0 Å². The van der Waals surface area contributed by atoms with E-state index in [1.807, 2.05) is 18.2 Å². The summed E-state index contributed by atoms with van der Waals surface area (Å²) in [7, 11) is 0. The van der Waals surface area contributed by atoms with Crippen LogP contribution in [0, 0.1) is 0 Å². The number of carbonyl (C=O) groups excluding carboxylic acids is 2. The third kappa shape index (κ3) is 2.73. The van der Waals surface area contributed by atoms with Crippen molar-refractivity contribution in [2.24, 2.45) is 0 Å². The van der Waals surface area contributed by atoms with Crippen LogP contribution in [0.5, 0.6) is 0 Å². The Morgan fingerprint density at radius 1 is 1.04 bits per heavy atom. The van der Waals surface area contributed by atoms with Crippen molar-refractivity contribution in [3.8, 4) is 0 Å². The Morgan fingerprint density at radius 3 is 2.69 bits per heavy atom. The molecule has 3 N–H and O–H groups in total. The predicted octanol–water partition coefficient (Wildman–Crippen LogP) is 1.54. The first-order valence-electron chi connectivity index (χ1n) is 7.87. The minimum atomic E-state index is -0.635. The molecule has 0 spiro atoms.